The van der Waals surface area contributed by atoms with Crippen LogP contribution in [0.15, 0.2) is 29.6 Å². The Hall–Kier alpha value is -2.18. The highest BCUT2D eigenvalue weighted by atomic mass is 32.1. The predicted molar refractivity (Wildman–Crippen MR) is 88.3 cm³/mol. The minimum absolute atomic E-state index is 0.148. The second-order valence-corrected chi connectivity index (χ2v) is 6.58. The van der Waals surface area contributed by atoms with E-state index in [2.05, 4.69) is 5.32 Å². The van der Waals surface area contributed by atoms with Crippen LogP contribution in [0, 0.1) is 0 Å². The number of nitrogens with one attached hydrogen (secondary N) is 1. The molecule has 2 N–H and O–H groups in total. The van der Waals surface area contributed by atoms with Crippen molar-refractivity contribution in [3.63, 3.8) is 0 Å². The number of rotatable bonds is 5. The molecule has 1 amide bonds. The van der Waals surface area contributed by atoms with Crippen LogP contribution in [-0.2, 0) is 28.8 Å². The number of methoxy groups -OCH3 is 1. The highest BCUT2D eigenvalue weighted by molar-refractivity contribution is 7.10. The van der Waals surface area contributed by atoms with Gasteiger partial charge >= 0.3 is 5.97 Å². The zero-order valence-corrected chi connectivity index (χ0v) is 13.5. The Bertz CT molecular complexity index is 753. The number of thiophene rings is 1. The first-order chi connectivity index (χ1) is 11.0. The van der Waals surface area contributed by atoms with Crippen LogP contribution in [0.5, 0.6) is 0 Å². The summed E-state index contributed by atoms with van der Waals surface area (Å²) in [6.07, 6.45) is 2.17. The van der Waals surface area contributed by atoms with Crippen molar-refractivity contribution >= 4 is 28.9 Å². The Morgan fingerprint density at radius 1 is 1.30 bits per heavy atom. The van der Waals surface area contributed by atoms with Crippen LogP contribution in [0.1, 0.15) is 26.4 Å². The molecule has 0 bridgehead atoms. The molecule has 0 fully saturated rings. The first kappa shape index (κ1) is 15.7. The monoisotopic (exact) mass is 331 g/mol. The number of carboxylic acid groups (broad SMARTS) is 1. The van der Waals surface area contributed by atoms with Gasteiger partial charge in [-0.1, -0.05) is 6.07 Å². The van der Waals surface area contributed by atoms with Crippen molar-refractivity contribution in [1.82, 2.24) is 0 Å². The first-order valence-electron chi connectivity index (χ1n) is 7.30. The molecule has 0 spiro atoms. The molecule has 2 aromatic rings. The molecule has 0 saturated heterocycles. The van der Waals surface area contributed by atoms with Crippen LogP contribution >= 0.6 is 11.3 Å². The zero-order chi connectivity index (χ0) is 16.4. The molecule has 1 aromatic carbocycles. The van der Waals surface area contributed by atoms with Gasteiger partial charge < -0.3 is 15.2 Å². The third kappa shape index (κ3) is 3.60. The van der Waals surface area contributed by atoms with E-state index >= 15 is 0 Å². The van der Waals surface area contributed by atoms with Gasteiger partial charge in [0.25, 0.3) is 0 Å². The highest BCUT2D eigenvalue weighted by Crippen LogP contribution is 2.27. The number of fused-ring (bicyclic) bond motifs is 1. The molecule has 0 aliphatic heterocycles. The molecule has 1 aliphatic carbocycles. The maximum atomic E-state index is 12.1. The molecule has 1 unspecified atom stereocenters. The molecule has 0 saturated carbocycles. The molecule has 23 heavy (non-hydrogen) atoms. The van der Waals surface area contributed by atoms with E-state index in [1.165, 1.54) is 22.5 Å². The third-order valence-corrected chi connectivity index (χ3v) is 4.89. The largest absolute Gasteiger partial charge is 0.478 e. The molecule has 6 heteroatoms. The van der Waals surface area contributed by atoms with Crippen molar-refractivity contribution < 1.29 is 19.4 Å². The lowest BCUT2D eigenvalue weighted by Crippen LogP contribution is -2.14. The SMILES string of the molecule is COC1Cc2ccc(NC(=O)Cc3cc(C(=O)O)cs3)cc2C1. The molecule has 5 nitrogen and oxygen atoms in total. The molecule has 120 valence electrons. The summed E-state index contributed by atoms with van der Waals surface area (Å²) < 4.78 is 5.38. The summed E-state index contributed by atoms with van der Waals surface area (Å²) in [5.74, 6) is -1.12. The second-order valence-electron chi connectivity index (χ2n) is 5.58. The normalized spacial score (nSPS) is 16.1. The fourth-order valence-corrected chi connectivity index (χ4v) is 3.63. The summed E-state index contributed by atoms with van der Waals surface area (Å²) in [4.78, 5) is 23.7. The number of carbonyl (C=O) groups excluding carboxylic acids is 1. The van der Waals surface area contributed by atoms with Crippen molar-refractivity contribution in [2.75, 3.05) is 12.4 Å². The van der Waals surface area contributed by atoms with E-state index in [-0.39, 0.29) is 24.0 Å². The van der Waals surface area contributed by atoms with Gasteiger partial charge in [-0.05, 0) is 42.2 Å². The number of anilines is 1. The Morgan fingerprint density at radius 3 is 2.78 bits per heavy atom. The van der Waals surface area contributed by atoms with Gasteiger partial charge in [0.05, 0.1) is 18.1 Å². The van der Waals surface area contributed by atoms with Crippen molar-refractivity contribution in [3.05, 3.63) is 51.2 Å². The minimum Gasteiger partial charge on any atom is -0.478 e. The van der Waals surface area contributed by atoms with Gasteiger partial charge in [-0.3, -0.25) is 4.79 Å². The van der Waals surface area contributed by atoms with Gasteiger partial charge in [-0.15, -0.1) is 11.3 Å². The Balaban J connectivity index is 1.63. The number of aromatic carboxylic acids is 1. The van der Waals surface area contributed by atoms with Crippen LogP contribution in [0.25, 0.3) is 0 Å². The van der Waals surface area contributed by atoms with Gasteiger partial charge in [0, 0.05) is 23.1 Å². The third-order valence-electron chi connectivity index (χ3n) is 3.95. The lowest BCUT2D eigenvalue weighted by molar-refractivity contribution is -0.115. The van der Waals surface area contributed by atoms with Crippen molar-refractivity contribution in [3.8, 4) is 0 Å². The molecule has 0 radical (unpaired) electrons. The summed E-state index contributed by atoms with van der Waals surface area (Å²) in [6.45, 7) is 0. The minimum atomic E-state index is -0.973. The Kier molecular flexibility index (Phi) is 4.45. The van der Waals surface area contributed by atoms with Gasteiger partial charge in [0.15, 0.2) is 0 Å². The topological polar surface area (TPSA) is 75.6 Å². The summed E-state index contributed by atoms with van der Waals surface area (Å²) in [7, 11) is 1.71. The second kappa shape index (κ2) is 6.52. The fourth-order valence-electron chi connectivity index (χ4n) is 2.77. The quantitative estimate of drug-likeness (QED) is 0.883. The average molecular weight is 331 g/mol. The maximum absolute atomic E-state index is 12.1. The van der Waals surface area contributed by atoms with Gasteiger partial charge in [-0.2, -0.15) is 0 Å². The summed E-state index contributed by atoms with van der Waals surface area (Å²) >= 11 is 1.28. The van der Waals surface area contributed by atoms with E-state index in [9.17, 15) is 9.59 Å². The number of hydrogen-bond donors (Lipinski definition) is 2. The van der Waals surface area contributed by atoms with Crippen LogP contribution in [0.4, 0.5) is 5.69 Å². The molecule has 1 aromatic heterocycles. The predicted octanol–water partition coefficient (Wildman–Crippen LogP) is 2.74. The summed E-state index contributed by atoms with van der Waals surface area (Å²) in [5, 5.41) is 13.3. The number of amides is 1. The van der Waals surface area contributed by atoms with E-state index < -0.39 is 5.97 Å². The molecular formula is C17H17NO4S. The molecular weight excluding hydrogens is 314 g/mol. The zero-order valence-electron chi connectivity index (χ0n) is 12.7. The number of benzene rings is 1. The van der Waals surface area contributed by atoms with Crippen LogP contribution in [0.2, 0.25) is 0 Å². The summed E-state index contributed by atoms with van der Waals surface area (Å²) in [5.41, 5.74) is 3.46. The maximum Gasteiger partial charge on any atom is 0.336 e. The van der Waals surface area contributed by atoms with Gasteiger partial charge in [-0.25, -0.2) is 4.79 Å². The van der Waals surface area contributed by atoms with Crippen LogP contribution < -0.4 is 5.32 Å². The van der Waals surface area contributed by atoms with E-state index in [1.54, 1.807) is 18.6 Å². The molecule has 1 atom stereocenters. The van der Waals surface area contributed by atoms with Crippen molar-refractivity contribution in [2.24, 2.45) is 0 Å². The Labute approximate surface area is 137 Å². The van der Waals surface area contributed by atoms with Crippen molar-refractivity contribution in [2.45, 2.75) is 25.4 Å². The van der Waals surface area contributed by atoms with E-state index in [1.807, 2.05) is 18.2 Å². The van der Waals surface area contributed by atoms with Crippen molar-refractivity contribution in [1.29, 1.82) is 0 Å². The standard InChI is InChI=1S/C17H17NO4S/c1-22-14-5-10-2-3-13(4-11(10)6-14)18-16(19)8-15-7-12(9-23-15)17(20)21/h2-4,7,9,14H,5-6,8H2,1H3,(H,18,19)(H,20,21). The van der Waals surface area contributed by atoms with E-state index in [4.69, 9.17) is 9.84 Å². The molecule has 1 aliphatic rings. The first-order valence-corrected chi connectivity index (χ1v) is 8.18. The fraction of sp³-hybridized carbons (Fsp3) is 0.294. The number of ether oxygens (including phenoxy) is 1. The van der Waals surface area contributed by atoms with Crippen LogP contribution in [0.3, 0.4) is 0 Å². The average Bonchev–Trinajstić information content (AvgIpc) is 3.12. The van der Waals surface area contributed by atoms with Gasteiger partial charge in [0.1, 0.15) is 0 Å². The smallest absolute Gasteiger partial charge is 0.336 e. The number of carbonyl (C=O) groups is 2. The summed E-state index contributed by atoms with van der Waals surface area (Å²) in [6, 6.07) is 7.45. The molecule has 1 heterocycles. The van der Waals surface area contributed by atoms with Gasteiger partial charge in [0.2, 0.25) is 5.91 Å². The number of hydrogen-bond acceptors (Lipinski definition) is 4. The number of carboxylic acids is 1. The van der Waals surface area contributed by atoms with Crippen LogP contribution in [-0.4, -0.2) is 30.2 Å². The Morgan fingerprint density at radius 2 is 2.09 bits per heavy atom. The van der Waals surface area contributed by atoms with E-state index in [0.717, 1.165) is 23.4 Å². The highest BCUT2D eigenvalue weighted by Gasteiger charge is 2.21. The van der Waals surface area contributed by atoms with E-state index in [0.29, 0.717) is 0 Å². The lowest BCUT2D eigenvalue weighted by Gasteiger charge is -2.06. The lowest BCUT2D eigenvalue weighted by atomic mass is 10.1. The molecule has 3 rings (SSSR count).